The summed E-state index contributed by atoms with van der Waals surface area (Å²) in [5.74, 6) is -0.146. The van der Waals surface area contributed by atoms with E-state index < -0.39 is 6.04 Å². The molecule has 0 aromatic carbocycles. The predicted molar refractivity (Wildman–Crippen MR) is 54.1 cm³/mol. The largest absolute Gasteiger partial charge is 0.298 e. The zero-order valence-corrected chi connectivity index (χ0v) is 8.21. The Labute approximate surface area is 87.5 Å². The summed E-state index contributed by atoms with van der Waals surface area (Å²) in [6.07, 6.45) is 5.01. The molecule has 1 aromatic rings. The van der Waals surface area contributed by atoms with Gasteiger partial charge in [0, 0.05) is 24.9 Å². The van der Waals surface area contributed by atoms with Crippen LogP contribution in [-0.4, -0.2) is 15.8 Å². The van der Waals surface area contributed by atoms with E-state index in [4.69, 9.17) is 5.26 Å². The second kappa shape index (κ2) is 3.54. The van der Waals surface area contributed by atoms with Crippen molar-refractivity contribution in [3.63, 3.8) is 0 Å². The van der Waals surface area contributed by atoms with Crippen molar-refractivity contribution in [1.82, 2.24) is 9.88 Å². The van der Waals surface area contributed by atoms with Crippen LogP contribution >= 0.6 is 0 Å². The number of nitrogens with zero attached hydrogens (tertiary/aromatic N) is 3. The molecule has 4 heteroatoms. The van der Waals surface area contributed by atoms with E-state index in [-0.39, 0.29) is 5.91 Å². The van der Waals surface area contributed by atoms with E-state index in [9.17, 15) is 4.79 Å². The summed E-state index contributed by atoms with van der Waals surface area (Å²) in [6, 6.07) is 5.13. The lowest BCUT2D eigenvalue weighted by Crippen LogP contribution is -2.29. The fourth-order valence-electron chi connectivity index (χ4n) is 1.61. The van der Waals surface area contributed by atoms with Gasteiger partial charge in [-0.2, -0.15) is 5.26 Å². The van der Waals surface area contributed by atoms with Gasteiger partial charge < -0.3 is 0 Å². The van der Waals surface area contributed by atoms with Gasteiger partial charge in [-0.05, 0) is 12.1 Å². The number of carbonyl (C=O) groups excluding carboxylic acids is 1. The molecular formula is C11H9N3O. The van der Waals surface area contributed by atoms with Crippen LogP contribution in [0.1, 0.15) is 24.2 Å². The molecule has 0 N–H and O–H groups in total. The first-order valence-corrected chi connectivity index (χ1v) is 4.55. The van der Waals surface area contributed by atoms with Crippen LogP contribution in [0.2, 0.25) is 0 Å². The number of aromatic nitrogens is 1. The first-order valence-electron chi connectivity index (χ1n) is 4.55. The van der Waals surface area contributed by atoms with E-state index in [1.165, 1.54) is 11.8 Å². The number of rotatable bonds is 0. The average molecular weight is 199 g/mol. The van der Waals surface area contributed by atoms with Gasteiger partial charge in [0.1, 0.15) is 0 Å². The summed E-state index contributed by atoms with van der Waals surface area (Å²) in [4.78, 5) is 16.8. The standard InChI is InChI=1S/C11H9N3O/c1-8(15)14-6-4-10-9(11(14)7-12)3-2-5-13-10/h2-6,11H,1H3. The first kappa shape index (κ1) is 9.41. The smallest absolute Gasteiger partial charge is 0.224 e. The van der Waals surface area contributed by atoms with E-state index in [0.29, 0.717) is 0 Å². The third-order valence-electron chi connectivity index (χ3n) is 2.32. The molecule has 1 aliphatic rings. The molecule has 0 bridgehead atoms. The van der Waals surface area contributed by atoms with Crippen LogP contribution in [-0.2, 0) is 4.79 Å². The second-order valence-corrected chi connectivity index (χ2v) is 3.25. The molecule has 0 saturated carbocycles. The molecule has 0 saturated heterocycles. The van der Waals surface area contributed by atoms with Crippen molar-refractivity contribution in [2.24, 2.45) is 0 Å². The van der Waals surface area contributed by atoms with E-state index >= 15 is 0 Å². The van der Waals surface area contributed by atoms with Crippen LogP contribution < -0.4 is 0 Å². The van der Waals surface area contributed by atoms with Crippen LogP contribution in [0.3, 0.4) is 0 Å². The molecule has 2 heterocycles. The highest BCUT2D eigenvalue weighted by molar-refractivity contribution is 5.78. The molecule has 1 aromatic heterocycles. The molecular weight excluding hydrogens is 190 g/mol. The summed E-state index contributed by atoms with van der Waals surface area (Å²) in [5.41, 5.74) is 1.53. The Morgan fingerprint density at radius 2 is 2.47 bits per heavy atom. The van der Waals surface area contributed by atoms with Gasteiger partial charge in [-0.3, -0.25) is 14.7 Å². The van der Waals surface area contributed by atoms with Crippen molar-refractivity contribution in [3.8, 4) is 6.07 Å². The number of hydrogen-bond acceptors (Lipinski definition) is 3. The van der Waals surface area contributed by atoms with Gasteiger partial charge in [-0.15, -0.1) is 0 Å². The Kier molecular flexibility index (Phi) is 2.22. The van der Waals surface area contributed by atoms with Crippen molar-refractivity contribution in [2.45, 2.75) is 13.0 Å². The maximum absolute atomic E-state index is 11.3. The van der Waals surface area contributed by atoms with Gasteiger partial charge >= 0.3 is 0 Å². The third-order valence-corrected chi connectivity index (χ3v) is 2.32. The molecule has 0 radical (unpaired) electrons. The summed E-state index contributed by atoms with van der Waals surface area (Å²) >= 11 is 0. The summed E-state index contributed by atoms with van der Waals surface area (Å²) in [7, 11) is 0. The fraction of sp³-hybridized carbons (Fsp3) is 0.182. The monoisotopic (exact) mass is 199 g/mol. The third kappa shape index (κ3) is 1.48. The van der Waals surface area contributed by atoms with E-state index in [0.717, 1.165) is 11.3 Å². The van der Waals surface area contributed by atoms with Crippen molar-refractivity contribution >= 4 is 12.0 Å². The van der Waals surface area contributed by atoms with Gasteiger partial charge in [-0.25, -0.2) is 0 Å². The predicted octanol–water partition coefficient (Wildman–Crippen LogP) is 1.48. The normalized spacial score (nSPS) is 18.1. The number of fused-ring (bicyclic) bond motifs is 1. The highest BCUT2D eigenvalue weighted by Gasteiger charge is 2.25. The minimum absolute atomic E-state index is 0.146. The SMILES string of the molecule is CC(=O)N1C=Cc2ncccc2C1C#N. The number of carbonyl (C=O) groups is 1. The molecule has 1 atom stereocenters. The molecule has 4 nitrogen and oxygen atoms in total. The molecule has 0 aliphatic carbocycles. The first-order chi connectivity index (χ1) is 7.24. The second-order valence-electron chi connectivity index (χ2n) is 3.25. The number of amides is 1. The number of hydrogen-bond donors (Lipinski definition) is 0. The molecule has 1 aliphatic heterocycles. The number of nitriles is 1. The Morgan fingerprint density at radius 3 is 3.13 bits per heavy atom. The average Bonchev–Trinajstić information content (AvgIpc) is 2.27. The molecule has 0 spiro atoms. The zero-order chi connectivity index (χ0) is 10.8. The Hall–Kier alpha value is -2.15. The zero-order valence-electron chi connectivity index (χ0n) is 8.21. The summed E-state index contributed by atoms with van der Waals surface area (Å²) in [5, 5.41) is 9.05. The van der Waals surface area contributed by atoms with Crippen LogP contribution in [0.4, 0.5) is 0 Å². The van der Waals surface area contributed by atoms with Crippen LogP contribution in [0.5, 0.6) is 0 Å². The number of pyridine rings is 1. The van der Waals surface area contributed by atoms with Crippen molar-refractivity contribution < 1.29 is 4.79 Å². The van der Waals surface area contributed by atoms with Crippen molar-refractivity contribution in [3.05, 3.63) is 35.8 Å². The molecule has 0 fully saturated rings. The molecule has 1 amide bonds. The Balaban J connectivity index is 2.52. The van der Waals surface area contributed by atoms with Gasteiger partial charge in [0.2, 0.25) is 5.91 Å². The maximum atomic E-state index is 11.3. The minimum Gasteiger partial charge on any atom is -0.298 e. The lowest BCUT2D eigenvalue weighted by molar-refractivity contribution is -0.127. The van der Waals surface area contributed by atoms with Crippen molar-refractivity contribution in [2.75, 3.05) is 0 Å². The summed E-state index contributed by atoms with van der Waals surface area (Å²) in [6.45, 7) is 1.44. The minimum atomic E-state index is -0.559. The van der Waals surface area contributed by atoms with Gasteiger partial charge in [-0.1, -0.05) is 6.07 Å². The lowest BCUT2D eigenvalue weighted by atomic mass is 10.0. The molecule has 15 heavy (non-hydrogen) atoms. The van der Waals surface area contributed by atoms with E-state index in [1.54, 1.807) is 24.5 Å². The quantitative estimate of drug-likeness (QED) is 0.635. The highest BCUT2D eigenvalue weighted by Crippen LogP contribution is 2.28. The lowest BCUT2D eigenvalue weighted by Gasteiger charge is -2.26. The maximum Gasteiger partial charge on any atom is 0.224 e. The van der Waals surface area contributed by atoms with E-state index in [2.05, 4.69) is 11.1 Å². The molecule has 1 unspecified atom stereocenters. The van der Waals surface area contributed by atoms with Crippen LogP contribution in [0.25, 0.3) is 6.08 Å². The summed E-state index contributed by atoms with van der Waals surface area (Å²) < 4.78 is 0. The topological polar surface area (TPSA) is 57.0 Å². The van der Waals surface area contributed by atoms with Gasteiger partial charge in [0.05, 0.1) is 11.8 Å². The Morgan fingerprint density at radius 1 is 1.67 bits per heavy atom. The van der Waals surface area contributed by atoms with Gasteiger partial charge in [0.25, 0.3) is 0 Å². The van der Waals surface area contributed by atoms with Crippen LogP contribution in [0, 0.1) is 11.3 Å². The van der Waals surface area contributed by atoms with Gasteiger partial charge in [0.15, 0.2) is 6.04 Å². The Bertz CT molecular complexity index is 473. The van der Waals surface area contributed by atoms with Crippen molar-refractivity contribution in [1.29, 1.82) is 5.26 Å². The molecule has 2 rings (SSSR count). The van der Waals surface area contributed by atoms with Crippen LogP contribution in [0.15, 0.2) is 24.5 Å². The van der Waals surface area contributed by atoms with E-state index in [1.807, 2.05) is 6.07 Å². The molecule has 74 valence electrons. The fourth-order valence-corrected chi connectivity index (χ4v) is 1.61. The highest BCUT2D eigenvalue weighted by atomic mass is 16.2.